The Hall–Kier alpha value is -1.77. The number of methoxy groups -OCH3 is 1. The first-order valence-corrected chi connectivity index (χ1v) is 5.65. The van der Waals surface area contributed by atoms with Crippen LogP contribution in [0, 0.1) is 5.41 Å². The summed E-state index contributed by atoms with van der Waals surface area (Å²) in [5.74, 6) is 0.676. The minimum atomic E-state index is -0.134. The number of phenolic OH excluding ortho intramolecular Hbond substituents is 1. The first-order chi connectivity index (χ1) is 8.05. The van der Waals surface area contributed by atoms with Crippen LogP contribution in [0.1, 0.15) is 25.3 Å². The molecule has 1 aromatic rings. The highest BCUT2D eigenvalue weighted by molar-refractivity contribution is 5.99. The molecule has 0 atom stereocenters. The van der Waals surface area contributed by atoms with Gasteiger partial charge in [-0.25, -0.2) is 0 Å². The van der Waals surface area contributed by atoms with Gasteiger partial charge in [-0.1, -0.05) is 19.1 Å². The number of rotatable bonds is 4. The van der Waals surface area contributed by atoms with Crippen LogP contribution in [0.25, 0.3) is 6.08 Å². The smallest absolute Gasteiger partial charge is 0.161 e. The quantitative estimate of drug-likeness (QED) is 0.812. The van der Waals surface area contributed by atoms with E-state index in [0.29, 0.717) is 5.75 Å². The highest BCUT2D eigenvalue weighted by atomic mass is 16.5. The maximum absolute atomic E-state index is 11.7. The summed E-state index contributed by atoms with van der Waals surface area (Å²) < 4.78 is 4.95. The number of aromatic hydroxyl groups is 1. The fourth-order valence-corrected chi connectivity index (χ4v) is 1.62. The summed E-state index contributed by atoms with van der Waals surface area (Å²) >= 11 is 0. The molecule has 1 saturated carbocycles. The molecule has 1 aromatic carbocycles. The minimum Gasteiger partial charge on any atom is -0.504 e. The van der Waals surface area contributed by atoms with Gasteiger partial charge >= 0.3 is 0 Å². The molecule has 1 N–H and O–H groups in total. The minimum absolute atomic E-state index is 0.0831. The van der Waals surface area contributed by atoms with Crippen molar-refractivity contribution < 1.29 is 14.6 Å². The SMILES string of the molecule is COc1ccc(/C=C/C(=O)C2(C)CC2)cc1O. The van der Waals surface area contributed by atoms with Gasteiger partial charge < -0.3 is 9.84 Å². The van der Waals surface area contributed by atoms with Crippen molar-refractivity contribution in [1.82, 2.24) is 0 Å². The molecular weight excluding hydrogens is 216 g/mol. The van der Waals surface area contributed by atoms with E-state index in [2.05, 4.69) is 0 Å². The van der Waals surface area contributed by atoms with Gasteiger partial charge in [0.15, 0.2) is 17.3 Å². The zero-order chi connectivity index (χ0) is 12.5. The van der Waals surface area contributed by atoms with E-state index in [1.165, 1.54) is 7.11 Å². The predicted molar refractivity (Wildman–Crippen MR) is 66.0 cm³/mol. The highest BCUT2D eigenvalue weighted by Gasteiger charge is 2.42. The van der Waals surface area contributed by atoms with Crippen LogP contribution in [0.5, 0.6) is 11.5 Å². The van der Waals surface area contributed by atoms with Crippen molar-refractivity contribution in [3.05, 3.63) is 29.8 Å². The van der Waals surface area contributed by atoms with Crippen LogP contribution in [-0.2, 0) is 4.79 Å². The van der Waals surface area contributed by atoms with Crippen molar-refractivity contribution in [2.75, 3.05) is 7.11 Å². The molecule has 1 aliphatic carbocycles. The molecule has 0 aromatic heterocycles. The number of phenols is 1. The number of carbonyl (C=O) groups is 1. The van der Waals surface area contributed by atoms with E-state index in [0.717, 1.165) is 18.4 Å². The maximum atomic E-state index is 11.7. The van der Waals surface area contributed by atoms with E-state index in [-0.39, 0.29) is 16.9 Å². The maximum Gasteiger partial charge on any atom is 0.161 e. The standard InChI is InChI=1S/C14H16O3/c1-14(7-8-14)13(16)6-4-10-3-5-12(17-2)11(15)9-10/h3-6,9,15H,7-8H2,1-2H3/b6-4+. The Morgan fingerprint density at radius 1 is 1.47 bits per heavy atom. The number of hydrogen-bond donors (Lipinski definition) is 1. The van der Waals surface area contributed by atoms with Crippen molar-refractivity contribution in [3.63, 3.8) is 0 Å². The Morgan fingerprint density at radius 2 is 2.18 bits per heavy atom. The van der Waals surface area contributed by atoms with Gasteiger partial charge in [0.25, 0.3) is 0 Å². The third kappa shape index (κ3) is 2.49. The average molecular weight is 232 g/mol. The third-order valence-corrected chi connectivity index (χ3v) is 3.22. The lowest BCUT2D eigenvalue weighted by atomic mass is 10.0. The Kier molecular flexibility index (Phi) is 2.92. The summed E-state index contributed by atoms with van der Waals surface area (Å²) in [7, 11) is 1.50. The summed E-state index contributed by atoms with van der Waals surface area (Å²) in [6, 6.07) is 5.06. The van der Waals surface area contributed by atoms with Gasteiger partial charge in [0.05, 0.1) is 7.11 Å². The second kappa shape index (κ2) is 4.24. The van der Waals surface area contributed by atoms with Crippen LogP contribution in [0.3, 0.4) is 0 Å². The summed E-state index contributed by atoms with van der Waals surface area (Å²) in [4.78, 5) is 11.7. The predicted octanol–water partition coefficient (Wildman–Crippen LogP) is 2.78. The zero-order valence-corrected chi connectivity index (χ0v) is 10.1. The van der Waals surface area contributed by atoms with Crippen molar-refractivity contribution >= 4 is 11.9 Å². The lowest BCUT2D eigenvalue weighted by molar-refractivity contribution is -0.118. The van der Waals surface area contributed by atoms with E-state index in [1.54, 1.807) is 30.4 Å². The molecule has 0 bridgehead atoms. The fraction of sp³-hybridized carbons (Fsp3) is 0.357. The van der Waals surface area contributed by atoms with Crippen LogP contribution in [0.15, 0.2) is 24.3 Å². The van der Waals surface area contributed by atoms with Crippen LogP contribution in [0.2, 0.25) is 0 Å². The van der Waals surface area contributed by atoms with Gasteiger partial charge in [0.2, 0.25) is 0 Å². The van der Waals surface area contributed by atoms with Crippen LogP contribution >= 0.6 is 0 Å². The number of carbonyl (C=O) groups excluding carboxylic acids is 1. The Morgan fingerprint density at radius 3 is 2.71 bits per heavy atom. The molecule has 17 heavy (non-hydrogen) atoms. The molecule has 0 spiro atoms. The molecule has 0 aliphatic heterocycles. The van der Waals surface area contributed by atoms with E-state index in [1.807, 2.05) is 6.92 Å². The number of benzene rings is 1. The number of ketones is 1. The molecule has 0 saturated heterocycles. The molecule has 0 heterocycles. The largest absolute Gasteiger partial charge is 0.504 e. The van der Waals surface area contributed by atoms with Gasteiger partial charge in [0, 0.05) is 5.41 Å². The van der Waals surface area contributed by atoms with Crippen molar-refractivity contribution in [1.29, 1.82) is 0 Å². The Balaban J connectivity index is 2.11. The summed E-state index contributed by atoms with van der Waals surface area (Å²) in [6.07, 6.45) is 5.27. The fourth-order valence-electron chi connectivity index (χ4n) is 1.62. The molecule has 0 radical (unpaired) electrons. The van der Waals surface area contributed by atoms with Crippen molar-refractivity contribution in [2.45, 2.75) is 19.8 Å². The summed E-state index contributed by atoms with van der Waals surface area (Å²) in [5.41, 5.74) is 0.659. The van der Waals surface area contributed by atoms with E-state index in [4.69, 9.17) is 4.74 Å². The molecule has 3 heteroatoms. The molecule has 2 rings (SSSR count). The highest BCUT2D eigenvalue weighted by Crippen LogP contribution is 2.46. The van der Waals surface area contributed by atoms with Gasteiger partial charge in [-0.05, 0) is 36.6 Å². The molecule has 0 unspecified atom stereocenters. The monoisotopic (exact) mass is 232 g/mol. The average Bonchev–Trinajstić information content (AvgIpc) is 3.06. The molecule has 90 valence electrons. The van der Waals surface area contributed by atoms with E-state index in [9.17, 15) is 9.90 Å². The number of allylic oxidation sites excluding steroid dienone is 1. The summed E-state index contributed by atoms with van der Waals surface area (Å²) in [5, 5.41) is 9.58. The molecule has 1 fully saturated rings. The number of ether oxygens (including phenoxy) is 1. The normalized spacial score (nSPS) is 17.1. The van der Waals surface area contributed by atoms with Gasteiger partial charge in [0.1, 0.15) is 0 Å². The first kappa shape index (κ1) is 11.7. The molecule has 1 aliphatic rings. The van der Waals surface area contributed by atoms with Gasteiger partial charge in [-0.2, -0.15) is 0 Å². The Bertz CT molecular complexity index is 470. The molecule has 0 amide bonds. The second-order valence-corrected chi connectivity index (χ2v) is 4.69. The first-order valence-electron chi connectivity index (χ1n) is 5.65. The zero-order valence-electron chi connectivity index (χ0n) is 10.1. The van der Waals surface area contributed by atoms with Crippen LogP contribution < -0.4 is 4.74 Å². The molecular formula is C14H16O3. The summed E-state index contributed by atoms with van der Waals surface area (Å²) in [6.45, 7) is 1.98. The lowest BCUT2D eigenvalue weighted by Crippen LogP contribution is -2.07. The topological polar surface area (TPSA) is 46.5 Å². The van der Waals surface area contributed by atoms with Crippen molar-refractivity contribution in [3.8, 4) is 11.5 Å². The van der Waals surface area contributed by atoms with Gasteiger partial charge in [-0.3, -0.25) is 4.79 Å². The molecule has 3 nitrogen and oxygen atoms in total. The second-order valence-electron chi connectivity index (χ2n) is 4.69. The van der Waals surface area contributed by atoms with E-state index < -0.39 is 0 Å². The van der Waals surface area contributed by atoms with Gasteiger partial charge in [-0.15, -0.1) is 0 Å². The van der Waals surface area contributed by atoms with Crippen molar-refractivity contribution in [2.24, 2.45) is 5.41 Å². The third-order valence-electron chi connectivity index (χ3n) is 3.22. The van der Waals surface area contributed by atoms with E-state index >= 15 is 0 Å². The Labute approximate surface area is 101 Å². The van der Waals surface area contributed by atoms with Crippen LogP contribution in [-0.4, -0.2) is 18.0 Å². The lowest BCUT2D eigenvalue weighted by Gasteiger charge is -2.04. The van der Waals surface area contributed by atoms with Crippen LogP contribution in [0.4, 0.5) is 0 Å². The number of hydrogen-bond acceptors (Lipinski definition) is 3.